The van der Waals surface area contributed by atoms with E-state index >= 15 is 0 Å². The van der Waals surface area contributed by atoms with Crippen LogP contribution in [0.4, 0.5) is 5.69 Å². The number of benzene rings is 1. The Morgan fingerprint density at radius 3 is 2.74 bits per heavy atom. The fourth-order valence-corrected chi connectivity index (χ4v) is 2.53. The van der Waals surface area contributed by atoms with E-state index < -0.39 is 0 Å². The van der Waals surface area contributed by atoms with Crippen LogP contribution in [0.5, 0.6) is 5.75 Å². The van der Waals surface area contributed by atoms with Crippen molar-refractivity contribution in [1.82, 2.24) is 9.80 Å². The molecule has 0 saturated carbocycles. The first kappa shape index (κ1) is 14.2. The molecular formula is C15H25N3O. The van der Waals surface area contributed by atoms with Gasteiger partial charge in [0.25, 0.3) is 0 Å². The van der Waals surface area contributed by atoms with Gasteiger partial charge in [-0.2, -0.15) is 0 Å². The Bertz CT molecular complexity index is 402. The van der Waals surface area contributed by atoms with Crippen LogP contribution in [-0.2, 0) is 6.54 Å². The lowest BCUT2D eigenvalue weighted by Gasteiger charge is -2.22. The number of methoxy groups -OCH3 is 1. The number of hydrogen-bond acceptors (Lipinski definition) is 4. The van der Waals surface area contributed by atoms with Gasteiger partial charge in [-0.05, 0) is 56.7 Å². The zero-order chi connectivity index (χ0) is 13.7. The molecule has 0 atom stereocenters. The van der Waals surface area contributed by atoms with E-state index in [1.165, 1.54) is 25.9 Å². The minimum Gasteiger partial charge on any atom is -0.497 e. The van der Waals surface area contributed by atoms with Crippen molar-refractivity contribution >= 4 is 5.69 Å². The summed E-state index contributed by atoms with van der Waals surface area (Å²) in [5.41, 5.74) is 8.00. The minimum atomic E-state index is 0.842. The summed E-state index contributed by atoms with van der Waals surface area (Å²) in [4.78, 5) is 4.86. The van der Waals surface area contributed by atoms with Gasteiger partial charge in [0, 0.05) is 25.3 Å². The van der Waals surface area contributed by atoms with Crippen molar-refractivity contribution in [3.63, 3.8) is 0 Å². The van der Waals surface area contributed by atoms with Gasteiger partial charge in [0.2, 0.25) is 0 Å². The first-order valence-electron chi connectivity index (χ1n) is 7.02. The van der Waals surface area contributed by atoms with Crippen LogP contribution < -0.4 is 10.5 Å². The molecule has 2 rings (SSSR count). The highest BCUT2D eigenvalue weighted by Crippen LogP contribution is 2.20. The standard InChI is InChI=1S/C15H25N3O/c1-17(9-10-18-7-3-4-8-18)12-13-11-14(19-2)5-6-15(13)16/h5-6,11H,3-4,7-10,12,16H2,1-2H3. The average molecular weight is 263 g/mol. The quantitative estimate of drug-likeness (QED) is 0.795. The van der Waals surface area contributed by atoms with E-state index in [0.29, 0.717) is 0 Å². The number of nitrogens with zero attached hydrogens (tertiary/aromatic N) is 2. The van der Waals surface area contributed by atoms with Gasteiger partial charge in [-0.25, -0.2) is 0 Å². The van der Waals surface area contributed by atoms with Crippen molar-refractivity contribution in [3.05, 3.63) is 23.8 Å². The lowest BCUT2D eigenvalue weighted by Crippen LogP contribution is -2.31. The first-order valence-corrected chi connectivity index (χ1v) is 7.02. The summed E-state index contributed by atoms with van der Waals surface area (Å²) in [6.07, 6.45) is 2.71. The number of rotatable bonds is 6. The molecule has 4 nitrogen and oxygen atoms in total. The van der Waals surface area contributed by atoms with E-state index in [1.807, 2.05) is 18.2 Å². The van der Waals surface area contributed by atoms with Gasteiger partial charge in [0.1, 0.15) is 5.75 Å². The molecule has 1 aliphatic rings. The van der Waals surface area contributed by atoms with Crippen molar-refractivity contribution in [2.24, 2.45) is 0 Å². The largest absolute Gasteiger partial charge is 0.497 e. The number of nitrogens with two attached hydrogens (primary N) is 1. The van der Waals surface area contributed by atoms with Crippen LogP contribution in [0.15, 0.2) is 18.2 Å². The number of hydrogen-bond donors (Lipinski definition) is 1. The van der Waals surface area contributed by atoms with Gasteiger partial charge >= 0.3 is 0 Å². The second-order valence-electron chi connectivity index (χ2n) is 5.35. The number of nitrogen functional groups attached to an aromatic ring is 1. The molecule has 1 fully saturated rings. The molecule has 0 bridgehead atoms. The van der Waals surface area contributed by atoms with Crippen LogP contribution in [0.2, 0.25) is 0 Å². The maximum absolute atomic E-state index is 6.02. The lowest BCUT2D eigenvalue weighted by atomic mass is 10.1. The molecule has 19 heavy (non-hydrogen) atoms. The van der Waals surface area contributed by atoms with E-state index in [4.69, 9.17) is 10.5 Å². The Balaban J connectivity index is 1.85. The molecule has 0 radical (unpaired) electrons. The van der Waals surface area contributed by atoms with E-state index in [2.05, 4.69) is 16.8 Å². The molecule has 0 amide bonds. The number of ether oxygens (including phenoxy) is 1. The van der Waals surface area contributed by atoms with Crippen molar-refractivity contribution in [3.8, 4) is 5.75 Å². The van der Waals surface area contributed by atoms with Gasteiger partial charge in [-0.15, -0.1) is 0 Å². The van der Waals surface area contributed by atoms with Crippen molar-refractivity contribution in [1.29, 1.82) is 0 Å². The number of likely N-dealkylation sites (tertiary alicyclic amines) is 1. The average Bonchev–Trinajstić information content (AvgIpc) is 2.92. The maximum atomic E-state index is 6.02. The van der Waals surface area contributed by atoms with Crippen LogP contribution in [0.3, 0.4) is 0 Å². The fourth-order valence-electron chi connectivity index (χ4n) is 2.53. The third-order valence-electron chi connectivity index (χ3n) is 3.79. The summed E-state index contributed by atoms with van der Waals surface area (Å²) in [5.74, 6) is 0.872. The molecule has 0 aromatic heterocycles. The van der Waals surface area contributed by atoms with Gasteiger partial charge in [0.15, 0.2) is 0 Å². The van der Waals surface area contributed by atoms with E-state index in [0.717, 1.165) is 36.6 Å². The third kappa shape index (κ3) is 4.11. The molecule has 2 N–H and O–H groups in total. The van der Waals surface area contributed by atoms with E-state index in [-0.39, 0.29) is 0 Å². The Hall–Kier alpha value is -1.26. The molecule has 0 aliphatic carbocycles. The molecular weight excluding hydrogens is 238 g/mol. The van der Waals surface area contributed by atoms with Crippen molar-refractivity contribution in [2.45, 2.75) is 19.4 Å². The highest BCUT2D eigenvalue weighted by molar-refractivity contribution is 5.50. The molecule has 1 aliphatic heterocycles. The monoisotopic (exact) mass is 263 g/mol. The SMILES string of the molecule is COc1ccc(N)c(CN(C)CCN2CCCC2)c1. The Morgan fingerprint density at radius 2 is 2.05 bits per heavy atom. The van der Waals surface area contributed by atoms with E-state index in [1.54, 1.807) is 7.11 Å². The first-order chi connectivity index (χ1) is 9.19. The molecule has 1 aromatic carbocycles. The van der Waals surface area contributed by atoms with Gasteiger partial charge < -0.3 is 20.3 Å². The summed E-state index contributed by atoms with van der Waals surface area (Å²) in [5, 5.41) is 0. The Morgan fingerprint density at radius 1 is 1.32 bits per heavy atom. The Kier molecular flexibility index (Phi) is 5.05. The zero-order valence-electron chi connectivity index (χ0n) is 12.1. The zero-order valence-corrected chi connectivity index (χ0v) is 12.1. The van der Waals surface area contributed by atoms with Gasteiger partial charge in [-0.1, -0.05) is 0 Å². The van der Waals surface area contributed by atoms with Crippen LogP contribution in [-0.4, -0.2) is 50.1 Å². The van der Waals surface area contributed by atoms with Crippen LogP contribution in [0.25, 0.3) is 0 Å². The fraction of sp³-hybridized carbons (Fsp3) is 0.600. The molecule has 0 spiro atoms. The molecule has 1 saturated heterocycles. The normalized spacial score (nSPS) is 16.2. The van der Waals surface area contributed by atoms with Crippen LogP contribution in [0.1, 0.15) is 18.4 Å². The van der Waals surface area contributed by atoms with Crippen molar-refractivity contribution in [2.75, 3.05) is 46.1 Å². The number of anilines is 1. The summed E-state index contributed by atoms with van der Waals surface area (Å²) in [6.45, 7) is 5.62. The predicted octanol–water partition coefficient (Wildman–Crippen LogP) is 1.80. The predicted molar refractivity (Wildman–Crippen MR) is 79.4 cm³/mol. The molecule has 106 valence electrons. The lowest BCUT2D eigenvalue weighted by molar-refractivity contribution is 0.252. The molecule has 4 heteroatoms. The topological polar surface area (TPSA) is 41.7 Å². The summed E-state index contributed by atoms with van der Waals surface area (Å²) < 4.78 is 5.25. The summed E-state index contributed by atoms with van der Waals surface area (Å²) in [7, 11) is 3.83. The van der Waals surface area contributed by atoms with Crippen LogP contribution >= 0.6 is 0 Å². The minimum absolute atomic E-state index is 0.842. The number of likely N-dealkylation sites (N-methyl/N-ethyl adjacent to an activating group) is 1. The highest BCUT2D eigenvalue weighted by Gasteiger charge is 2.12. The molecule has 1 heterocycles. The van der Waals surface area contributed by atoms with Gasteiger partial charge in [0.05, 0.1) is 7.11 Å². The second-order valence-corrected chi connectivity index (χ2v) is 5.35. The molecule has 0 unspecified atom stereocenters. The van der Waals surface area contributed by atoms with Gasteiger partial charge in [-0.3, -0.25) is 0 Å². The second kappa shape index (κ2) is 6.78. The smallest absolute Gasteiger partial charge is 0.119 e. The third-order valence-corrected chi connectivity index (χ3v) is 3.79. The summed E-state index contributed by atoms with van der Waals surface area (Å²) >= 11 is 0. The van der Waals surface area contributed by atoms with Crippen molar-refractivity contribution < 1.29 is 4.74 Å². The maximum Gasteiger partial charge on any atom is 0.119 e. The van der Waals surface area contributed by atoms with E-state index in [9.17, 15) is 0 Å². The van der Waals surface area contributed by atoms with Crippen LogP contribution in [0, 0.1) is 0 Å². The highest BCUT2D eigenvalue weighted by atomic mass is 16.5. The molecule has 1 aromatic rings. The summed E-state index contributed by atoms with van der Waals surface area (Å²) in [6, 6.07) is 5.85. The Labute approximate surface area is 116 Å².